The number of hydrogen-bond donors (Lipinski definition) is 1. The molecule has 0 aromatic carbocycles. The molecule has 1 amide bonds. The van der Waals surface area contributed by atoms with Crippen LogP contribution in [-0.4, -0.2) is 37.7 Å². The van der Waals surface area contributed by atoms with Crippen molar-refractivity contribution in [1.29, 1.82) is 0 Å². The van der Waals surface area contributed by atoms with Crippen LogP contribution >= 0.6 is 11.6 Å². The SMILES string of the molecule is CCOCCN(C)c1ncc(C(N)=O)cc1Cl. The van der Waals surface area contributed by atoms with Crippen molar-refractivity contribution in [2.45, 2.75) is 6.92 Å². The normalized spacial score (nSPS) is 10.3. The maximum Gasteiger partial charge on any atom is 0.250 e. The summed E-state index contributed by atoms with van der Waals surface area (Å²) in [6, 6.07) is 1.52. The summed E-state index contributed by atoms with van der Waals surface area (Å²) >= 11 is 6.03. The van der Waals surface area contributed by atoms with Crippen molar-refractivity contribution in [2.75, 3.05) is 31.7 Å². The van der Waals surface area contributed by atoms with Crippen LogP contribution in [0.5, 0.6) is 0 Å². The highest BCUT2D eigenvalue weighted by Gasteiger charge is 2.10. The predicted molar refractivity (Wildman–Crippen MR) is 67.5 cm³/mol. The number of halogens is 1. The number of rotatable bonds is 6. The van der Waals surface area contributed by atoms with Gasteiger partial charge in [-0.25, -0.2) is 4.98 Å². The monoisotopic (exact) mass is 257 g/mol. The molecule has 0 atom stereocenters. The van der Waals surface area contributed by atoms with Gasteiger partial charge in [0.15, 0.2) is 0 Å². The maximum atomic E-state index is 10.9. The van der Waals surface area contributed by atoms with Gasteiger partial charge in [0.1, 0.15) is 5.82 Å². The van der Waals surface area contributed by atoms with Gasteiger partial charge in [0.2, 0.25) is 5.91 Å². The molecule has 17 heavy (non-hydrogen) atoms. The second-order valence-electron chi connectivity index (χ2n) is 3.51. The Morgan fingerprint density at radius 2 is 2.35 bits per heavy atom. The molecule has 1 aromatic heterocycles. The van der Waals surface area contributed by atoms with Crippen molar-refractivity contribution in [3.63, 3.8) is 0 Å². The van der Waals surface area contributed by atoms with Crippen LogP contribution in [-0.2, 0) is 4.74 Å². The van der Waals surface area contributed by atoms with Crippen molar-refractivity contribution in [1.82, 2.24) is 4.98 Å². The molecule has 0 spiro atoms. The second kappa shape index (κ2) is 6.42. The summed E-state index contributed by atoms with van der Waals surface area (Å²) in [5.41, 5.74) is 5.44. The Bertz CT molecular complexity index is 398. The van der Waals surface area contributed by atoms with E-state index in [1.54, 1.807) is 0 Å². The molecule has 0 aliphatic heterocycles. The van der Waals surface area contributed by atoms with Crippen LogP contribution in [0.15, 0.2) is 12.3 Å². The molecule has 1 aromatic rings. The van der Waals surface area contributed by atoms with E-state index in [0.717, 1.165) is 0 Å². The summed E-state index contributed by atoms with van der Waals surface area (Å²) in [4.78, 5) is 16.9. The second-order valence-corrected chi connectivity index (χ2v) is 3.92. The summed E-state index contributed by atoms with van der Waals surface area (Å²) < 4.78 is 5.24. The molecule has 1 heterocycles. The first kappa shape index (κ1) is 13.7. The standard InChI is InChI=1S/C11H16ClN3O2/c1-3-17-5-4-15(2)11-9(12)6-8(7-14-11)10(13)16/h6-7H,3-5H2,1-2H3,(H2,13,16). The number of ether oxygens (including phenoxy) is 1. The molecule has 1 rings (SSSR count). The molecule has 94 valence electrons. The van der Waals surface area contributed by atoms with E-state index in [-0.39, 0.29) is 0 Å². The fraction of sp³-hybridized carbons (Fsp3) is 0.455. The smallest absolute Gasteiger partial charge is 0.250 e. The molecule has 0 saturated carbocycles. The highest BCUT2D eigenvalue weighted by molar-refractivity contribution is 6.33. The van der Waals surface area contributed by atoms with Gasteiger partial charge in [-0.15, -0.1) is 0 Å². The number of nitrogens with zero attached hydrogens (tertiary/aromatic N) is 2. The lowest BCUT2D eigenvalue weighted by Crippen LogP contribution is -2.24. The van der Waals surface area contributed by atoms with E-state index in [0.29, 0.717) is 36.2 Å². The van der Waals surface area contributed by atoms with Crippen molar-refractivity contribution in [2.24, 2.45) is 5.73 Å². The number of amides is 1. The number of aromatic nitrogens is 1. The van der Waals surface area contributed by atoms with Crippen LogP contribution < -0.4 is 10.6 Å². The molecule has 6 heteroatoms. The molecule has 0 saturated heterocycles. The van der Waals surface area contributed by atoms with Crippen molar-refractivity contribution in [3.05, 3.63) is 22.8 Å². The number of pyridine rings is 1. The van der Waals surface area contributed by atoms with E-state index in [2.05, 4.69) is 4.98 Å². The van der Waals surface area contributed by atoms with E-state index >= 15 is 0 Å². The van der Waals surface area contributed by atoms with Crippen molar-refractivity contribution < 1.29 is 9.53 Å². The number of primary amides is 1. The van der Waals surface area contributed by atoms with E-state index in [1.165, 1.54) is 12.3 Å². The molecule has 0 radical (unpaired) electrons. The third-order valence-corrected chi connectivity index (χ3v) is 2.52. The van der Waals surface area contributed by atoms with E-state index in [9.17, 15) is 4.79 Å². The van der Waals surface area contributed by atoms with E-state index < -0.39 is 5.91 Å². The van der Waals surface area contributed by atoms with Gasteiger partial charge in [0.05, 0.1) is 17.2 Å². The fourth-order valence-corrected chi connectivity index (χ4v) is 1.61. The average Bonchev–Trinajstić information content (AvgIpc) is 2.28. The van der Waals surface area contributed by atoms with Crippen LogP contribution in [0.3, 0.4) is 0 Å². The number of hydrogen-bond acceptors (Lipinski definition) is 4. The molecule has 0 fully saturated rings. The third kappa shape index (κ3) is 3.87. The molecular formula is C11H16ClN3O2. The number of likely N-dealkylation sites (N-methyl/N-ethyl adjacent to an activating group) is 1. The first-order chi connectivity index (χ1) is 8.06. The van der Waals surface area contributed by atoms with Gasteiger partial charge >= 0.3 is 0 Å². The molecule has 5 nitrogen and oxygen atoms in total. The molecule has 0 bridgehead atoms. The summed E-state index contributed by atoms with van der Waals surface area (Å²) in [5.74, 6) is 0.0688. The molecule has 2 N–H and O–H groups in total. The fourth-order valence-electron chi connectivity index (χ4n) is 1.30. The third-order valence-electron chi connectivity index (χ3n) is 2.24. The van der Waals surface area contributed by atoms with Gasteiger partial charge in [-0.2, -0.15) is 0 Å². The Morgan fingerprint density at radius 1 is 1.65 bits per heavy atom. The van der Waals surface area contributed by atoms with Gasteiger partial charge in [-0.1, -0.05) is 11.6 Å². The molecule has 0 aliphatic carbocycles. The minimum atomic E-state index is -0.539. The zero-order valence-corrected chi connectivity index (χ0v) is 10.7. The highest BCUT2D eigenvalue weighted by Crippen LogP contribution is 2.22. The quantitative estimate of drug-likeness (QED) is 0.780. The van der Waals surface area contributed by atoms with Crippen LogP contribution in [0.4, 0.5) is 5.82 Å². The Morgan fingerprint density at radius 3 is 2.88 bits per heavy atom. The number of anilines is 1. The largest absolute Gasteiger partial charge is 0.380 e. The van der Waals surface area contributed by atoms with Gasteiger partial charge in [-0.05, 0) is 13.0 Å². The number of carbonyl (C=O) groups is 1. The summed E-state index contributed by atoms with van der Waals surface area (Å²) in [6.45, 7) is 3.89. The minimum Gasteiger partial charge on any atom is -0.380 e. The summed E-state index contributed by atoms with van der Waals surface area (Å²) in [7, 11) is 1.86. The first-order valence-electron chi connectivity index (χ1n) is 5.30. The summed E-state index contributed by atoms with van der Waals surface area (Å²) in [6.07, 6.45) is 1.42. The zero-order valence-electron chi connectivity index (χ0n) is 9.94. The lowest BCUT2D eigenvalue weighted by atomic mass is 10.2. The molecular weight excluding hydrogens is 242 g/mol. The zero-order chi connectivity index (χ0) is 12.8. The summed E-state index contributed by atoms with van der Waals surface area (Å²) in [5, 5.41) is 0.403. The van der Waals surface area contributed by atoms with Gasteiger partial charge in [0, 0.05) is 26.4 Å². The van der Waals surface area contributed by atoms with Crippen LogP contribution in [0.2, 0.25) is 5.02 Å². The lowest BCUT2D eigenvalue weighted by molar-refractivity contribution is 0.1000. The lowest BCUT2D eigenvalue weighted by Gasteiger charge is -2.19. The number of nitrogens with two attached hydrogens (primary N) is 1. The van der Waals surface area contributed by atoms with Gasteiger partial charge in [0.25, 0.3) is 0 Å². The van der Waals surface area contributed by atoms with Gasteiger partial charge < -0.3 is 15.4 Å². The van der Waals surface area contributed by atoms with Crippen molar-refractivity contribution >= 4 is 23.3 Å². The van der Waals surface area contributed by atoms with E-state index in [4.69, 9.17) is 22.1 Å². The average molecular weight is 258 g/mol. The van der Waals surface area contributed by atoms with Crippen LogP contribution in [0.25, 0.3) is 0 Å². The first-order valence-corrected chi connectivity index (χ1v) is 5.68. The van der Waals surface area contributed by atoms with Crippen LogP contribution in [0.1, 0.15) is 17.3 Å². The topological polar surface area (TPSA) is 68.4 Å². The highest BCUT2D eigenvalue weighted by atomic mass is 35.5. The Balaban J connectivity index is 2.74. The van der Waals surface area contributed by atoms with Gasteiger partial charge in [-0.3, -0.25) is 4.79 Å². The molecule has 0 unspecified atom stereocenters. The maximum absolute atomic E-state index is 10.9. The Hall–Kier alpha value is -1.33. The Kier molecular flexibility index (Phi) is 5.18. The Labute approximate surface area is 106 Å². The predicted octanol–water partition coefficient (Wildman–Crippen LogP) is 1.31. The van der Waals surface area contributed by atoms with E-state index in [1.807, 2.05) is 18.9 Å². The minimum absolute atomic E-state index is 0.303. The van der Waals surface area contributed by atoms with Crippen LogP contribution in [0, 0.1) is 0 Å². The molecule has 0 aliphatic rings. The van der Waals surface area contributed by atoms with Crippen molar-refractivity contribution in [3.8, 4) is 0 Å². The number of carbonyl (C=O) groups excluding carboxylic acids is 1.